The van der Waals surface area contributed by atoms with E-state index in [9.17, 15) is 14.4 Å². The number of amides is 3. The number of carbonyl (C=O) groups is 3. The molecule has 0 spiro atoms. The summed E-state index contributed by atoms with van der Waals surface area (Å²) < 4.78 is 7.60. The zero-order chi connectivity index (χ0) is 27.2. The molecule has 202 valence electrons. The third kappa shape index (κ3) is 6.19. The lowest BCUT2D eigenvalue weighted by atomic mass is 9.88. The first-order valence-corrected chi connectivity index (χ1v) is 13.3. The number of likely N-dealkylation sites (tertiary alicyclic amines) is 1. The van der Waals surface area contributed by atoms with E-state index in [-0.39, 0.29) is 23.6 Å². The maximum Gasteiger partial charge on any atom is 0.272 e. The van der Waals surface area contributed by atoms with E-state index in [1.807, 2.05) is 54.6 Å². The monoisotopic (exact) mass is 527 g/mol. The number of nitrogens with zero attached hydrogens (tertiary/aromatic N) is 4. The zero-order valence-corrected chi connectivity index (χ0v) is 22.0. The Hall–Kier alpha value is -4.40. The van der Waals surface area contributed by atoms with E-state index >= 15 is 0 Å². The number of hydrogen-bond donors (Lipinski definition) is 1. The summed E-state index contributed by atoms with van der Waals surface area (Å²) in [6, 6.07) is 19.1. The SMILES string of the molecule is Cn1nccc1C(=O)N1C[C@@H]2C(=O)NCCCN(C(=O)/C=C/c3ccccc3)CCOc3cccc(c3)[C@H]2C1. The highest BCUT2D eigenvalue weighted by Gasteiger charge is 2.41. The molecule has 3 heterocycles. The van der Waals surface area contributed by atoms with Gasteiger partial charge in [-0.05, 0) is 41.8 Å². The van der Waals surface area contributed by atoms with Gasteiger partial charge in [0.15, 0.2) is 0 Å². The van der Waals surface area contributed by atoms with Gasteiger partial charge in [-0.25, -0.2) is 0 Å². The molecule has 3 aromatic rings. The van der Waals surface area contributed by atoms with Gasteiger partial charge in [-0.15, -0.1) is 0 Å². The van der Waals surface area contributed by atoms with Crippen molar-refractivity contribution in [2.75, 3.05) is 39.3 Å². The molecule has 2 aromatic carbocycles. The number of carbonyl (C=O) groups excluding carboxylic acids is 3. The molecule has 2 bridgehead atoms. The molecule has 0 saturated carbocycles. The van der Waals surface area contributed by atoms with Gasteiger partial charge in [0, 0.05) is 51.4 Å². The number of ether oxygens (including phenoxy) is 1. The molecule has 1 saturated heterocycles. The fourth-order valence-corrected chi connectivity index (χ4v) is 5.21. The van der Waals surface area contributed by atoms with Crippen molar-refractivity contribution < 1.29 is 19.1 Å². The Morgan fingerprint density at radius 3 is 2.62 bits per heavy atom. The van der Waals surface area contributed by atoms with Gasteiger partial charge in [-0.1, -0.05) is 42.5 Å². The second-order valence-electron chi connectivity index (χ2n) is 9.90. The average molecular weight is 528 g/mol. The van der Waals surface area contributed by atoms with Gasteiger partial charge in [-0.3, -0.25) is 19.1 Å². The molecule has 3 amide bonds. The molecule has 0 radical (unpaired) electrons. The largest absolute Gasteiger partial charge is 0.492 e. The number of aromatic nitrogens is 2. The van der Waals surface area contributed by atoms with Crippen molar-refractivity contribution in [2.45, 2.75) is 12.3 Å². The summed E-state index contributed by atoms with van der Waals surface area (Å²) >= 11 is 0. The zero-order valence-electron chi connectivity index (χ0n) is 22.0. The summed E-state index contributed by atoms with van der Waals surface area (Å²) in [7, 11) is 1.73. The maximum absolute atomic E-state index is 13.4. The van der Waals surface area contributed by atoms with Crippen LogP contribution >= 0.6 is 0 Å². The van der Waals surface area contributed by atoms with Crippen LogP contribution in [0.15, 0.2) is 72.9 Å². The summed E-state index contributed by atoms with van der Waals surface area (Å²) in [6.07, 6.45) is 5.59. The lowest BCUT2D eigenvalue weighted by molar-refractivity contribution is -0.126. The quantitative estimate of drug-likeness (QED) is 0.529. The van der Waals surface area contributed by atoms with Crippen molar-refractivity contribution in [2.24, 2.45) is 13.0 Å². The topological polar surface area (TPSA) is 96.8 Å². The Labute approximate surface area is 228 Å². The predicted molar refractivity (Wildman–Crippen MR) is 147 cm³/mol. The number of rotatable bonds is 3. The molecule has 0 unspecified atom stereocenters. The van der Waals surface area contributed by atoms with E-state index < -0.39 is 5.92 Å². The maximum atomic E-state index is 13.4. The van der Waals surface area contributed by atoms with Gasteiger partial charge < -0.3 is 19.9 Å². The number of aryl methyl sites for hydroxylation is 1. The fourth-order valence-electron chi connectivity index (χ4n) is 5.21. The van der Waals surface area contributed by atoms with Crippen molar-refractivity contribution >= 4 is 23.8 Å². The molecule has 1 fully saturated rings. The summed E-state index contributed by atoms with van der Waals surface area (Å²) in [6.45, 7) is 2.45. The molecule has 2 aliphatic rings. The molecule has 1 N–H and O–H groups in total. The predicted octanol–water partition coefficient (Wildman–Crippen LogP) is 2.72. The van der Waals surface area contributed by atoms with Gasteiger partial charge in [-0.2, -0.15) is 5.10 Å². The fraction of sp³-hybridized carbons (Fsp3) is 0.333. The lowest BCUT2D eigenvalue weighted by Crippen LogP contribution is -2.39. The normalized spacial score (nSPS) is 20.2. The Kier molecular flexibility index (Phi) is 8.05. The molecule has 9 nitrogen and oxygen atoms in total. The summed E-state index contributed by atoms with van der Waals surface area (Å²) in [5.74, 6) is -0.215. The summed E-state index contributed by atoms with van der Waals surface area (Å²) in [5, 5.41) is 7.17. The van der Waals surface area contributed by atoms with Gasteiger partial charge in [0.25, 0.3) is 5.91 Å². The van der Waals surface area contributed by atoms with Crippen molar-refractivity contribution in [3.8, 4) is 5.75 Å². The van der Waals surface area contributed by atoms with Crippen LogP contribution in [0.3, 0.4) is 0 Å². The number of hydrogen-bond acceptors (Lipinski definition) is 5. The minimum atomic E-state index is -0.396. The molecular weight excluding hydrogens is 494 g/mol. The van der Waals surface area contributed by atoms with E-state index in [1.54, 1.807) is 45.9 Å². The van der Waals surface area contributed by atoms with E-state index in [4.69, 9.17) is 4.74 Å². The van der Waals surface area contributed by atoms with Crippen molar-refractivity contribution in [1.29, 1.82) is 0 Å². The van der Waals surface area contributed by atoms with Gasteiger partial charge in [0.05, 0.1) is 12.5 Å². The van der Waals surface area contributed by atoms with Crippen LogP contribution in [-0.4, -0.2) is 76.6 Å². The van der Waals surface area contributed by atoms with Crippen LogP contribution in [0.5, 0.6) is 5.75 Å². The van der Waals surface area contributed by atoms with E-state index in [2.05, 4.69) is 10.4 Å². The third-order valence-corrected chi connectivity index (χ3v) is 7.33. The number of fused-ring (bicyclic) bond motifs is 4. The molecule has 1 aromatic heterocycles. The molecule has 5 rings (SSSR count). The average Bonchev–Trinajstić information content (AvgIpc) is 3.60. The van der Waals surface area contributed by atoms with Crippen LogP contribution in [0.4, 0.5) is 0 Å². The first kappa shape index (κ1) is 26.2. The Morgan fingerprint density at radius 2 is 1.82 bits per heavy atom. The van der Waals surface area contributed by atoms with E-state index in [0.29, 0.717) is 57.2 Å². The van der Waals surface area contributed by atoms with Crippen molar-refractivity contribution in [3.05, 3.63) is 89.8 Å². The van der Waals surface area contributed by atoms with Crippen LogP contribution in [-0.2, 0) is 16.6 Å². The van der Waals surface area contributed by atoms with Gasteiger partial charge >= 0.3 is 0 Å². The van der Waals surface area contributed by atoms with Crippen LogP contribution in [0, 0.1) is 5.92 Å². The summed E-state index contributed by atoms with van der Waals surface area (Å²) in [4.78, 5) is 43.0. The molecule has 2 aliphatic heterocycles. The second-order valence-corrected chi connectivity index (χ2v) is 9.90. The third-order valence-electron chi connectivity index (χ3n) is 7.33. The number of nitrogens with one attached hydrogen (secondary N) is 1. The molecule has 2 atom stereocenters. The lowest BCUT2D eigenvalue weighted by Gasteiger charge is -2.24. The van der Waals surface area contributed by atoms with Crippen LogP contribution in [0.2, 0.25) is 0 Å². The second kappa shape index (κ2) is 12.0. The van der Waals surface area contributed by atoms with E-state index in [0.717, 1.165) is 11.1 Å². The highest BCUT2D eigenvalue weighted by molar-refractivity contribution is 5.94. The highest BCUT2D eigenvalue weighted by Crippen LogP contribution is 2.35. The smallest absolute Gasteiger partial charge is 0.272 e. The molecule has 9 heteroatoms. The molecular formula is C30H33N5O4. The Morgan fingerprint density at radius 1 is 1.00 bits per heavy atom. The van der Waals surface area contributed by atoms with Crippen molar-refractivity contribution in [1.82, 2.24) is 24.9 Å². The highest BCUT2D eigenvalue weighted by atomic mass is 16.5. The van der Waals surface area contributed by atoms with Gasteiger partial charge in [0.2, 0.25) is 11.8 Å². The molecule has 39 heavy (non-hydrogen) atoms. The number of benzene rings is 2. The Balaban J connectivity index is 1.32. The summed E-state index contributed by atoms with van der Waals surface area (Å²) in [5.41, 5.74) is 2.39. The minimum Gasteiger partial charge on any atom is -0.492 e. The van der Waals surface area contributed by atoms with Crippen molar-refractivity contribution in [3.63, 3.8) is 0 Å². The standard InChI is InChI=1S/C30H33N5O4/c1-33-27(13-15-32-33)30(38)35-20-25-23-9-5-10-24(19-23)39-18-17-34(16-6-14-31-29(37)26(25)21-35)28(36)12-11-22-7-3-2-4-8-22/h2-5,7-13,15,19,25-26H,6,14,16-18,20-21H2,1H3,(H,31,37)/b12-11+/t25-,26+/m1/s1. The van der Waals surface area contributed by atoms with Crippen LogP contribution in [0.1, 0.15) is 34.0 Å². The molecule has 0 aliphatic carbocycles. The first-order chi connectivity index (χ1) is 19.0. The first-order valence-electron chi connectivity index (χ1n) is 13.3. The minimum absolute atomic E-state index is 0.0921. The van der Waals surface area contributed by atoms with Gasteiger partial charge in [0.1, 0.15) is 18.1 Å². The van der Waals surface area contributed by atoms with Crippen LogP contribution in [0.25, 0.3) is 6.08 Å². The van der Waals surface area contributed by atoms with E-state index in [1.165, 1.54) is 0 Å². The van der Waals surface area contributed by atoms with Crippen LogP contribution < -0.4 is 10.1 Å². The Bertz CT molecular complexity index is 1350.